The van der Waals surface area contributed by atoms with E-state index in [1.54, 1.807) is 12.4 Å². The van der Waals surface area contributed by atoms with Gasteiger partial charge in [0.25, 0.3) is 0 Å². The first-order chi connectivity index (χ1) is 15.1. The summed E-state index contributed by atoms with van der Waals surface area (Å²) in [4.78, 5) is 10.2. The second-order valence-corrected chi connectivity index (χ2v) is 10.9. The Kier molecular flexibility index (Phi) is 6.69. The van der Waals surface area contributed by atoms with E-state index in [4.69, 9.17) is 21.1 Å². The van der Waals surface area contributed by atoms with Crippen LogP contribution in [0.2, 0.25) is 5.02 Å². The fourth-order valence-electron chi connectivity index (χ4n) is 4.17. The van der Waals surface area contributed by atoms with E-state index in [0.717, 1.165) is 38.3 Å². The standard InChI is InChI=1S/C21H25ClFN3O5S/c1-32(28,29)18-3-2-15(8-17(18)23)19-30-12-21(27,13-31-19)9-14-4-6-26(7-5-14)20-24-10-16(22)11-25-20/h2-3,8,10-11,14,19,27H,4-7,9,12-13H2,1H3. The van der Waals surface area contributed by atoms with Crippen LogP contribution in [-0.2, 0) is 19.3 Å². The molecule has 1 aromatic carbocycles. The van der Waals surface area contributed by atoms with Gasteiger partial charge in [-0.1, -0.05) is 17.7 Å². The smallest absolute Gasteiger partial charge is 0.225 e. The van der Waals surface area contributed by atoms with Gasteiger partial charge in [-0.25, -0.2) is 22.8 Å². The molecule has 0 amide bonds. The maximum absolute atomic E-state index is 14.2. The summed E-state index contributed by atoms with van der Waals surface area (Å²) < 4.78 is 48.7. The average Bonchev–Trinajstić information content (AvgIpc) is 2.74. The maximum Gasteiger partial charge on any atom is 0.225 e. The first-order valence-electron chi connectivity index (χ1n) is 10.3. The molecule has 0 bridgehead atoms. The highest BCUT2D eigenvalue weighted by Crippen LogP contribution is 2.34. The van der Waals surface area contributed by atoms with Crippen molar-refractivity contribution in [1.82, 2.24) is 9.97 Å². The third-order valence-corrected chi connectivity index (χ3v) is 7.13. The predicted octanol–water partition coefficient (Wildman–Crippen LogP) is 2.76. The molecule has 0 saturated carbocycles. The molecule has 174 valence electrons. The van der Waals surface area contributed by atoms with Crippen molar-refractivity contribution in [3.8, 4) is 0 Å². The minimum Gasteiger partial charge on any atom is -0.385 e. The summed E-state index contributed by atoms with van der Waals surface area (Å²) >= 11 is 5.84. The number of hydrogen-bond donors (Lipinski definition) is 1. The minimum atomic E-state index is -3.65. The average molecular weight is 486 g/mol. The second-order valence-electron chi connectivity index (χ2n) is 8.48. The molecule has 2 aliphatic rings. The molecular weight excluding hydrogens is 461 g/mol. The third-order valence-electron chi connectivity index (χ3n) is 5.81. The Hall–Kier alpha value is -1.85. The lowest BCUT2D eigenvalue weighted by atomic mass is 9.85. The molecule has 32 heavy (non-hydrogen) atoms. The number of aliphatic hydroxyl groups is 1. The number of piperidine rings is 1. The number of benzene rings is 1. The molecule has 3 heterocycles. The third kappa shape index (κ3) is 5.37. The van der Waals surface area contributed by atoms with E-state index >= 15 is 0 Å². The number of nitrogens with zero attached hydrogens (tertiary/aromatic N) is 3. The molecule has 0 atom stereocenters. The first kappa shape index (κ1) is 23.3. The van der Waals surface area contributed by atoms with Crippen molar-refractivity contribution in [3.63, 3.8) is 0 Å². The molecule has 1 aromatic heterocycles. The highest BCUT2D eigenvalue weighted by Gasteiger charge is 2.38. The Balaban J connectivity index is 1.30. The zero-order valence-corrected chi connectivity index (χ0v) is 19.1. The molecule has 2 fully saturated rings. The molecule has 2 aromatic rings. The van der Waals surface area contributed by atoms with Gasteiger partial charge in [-0.15, -0.1) is 0 Å². The zero-order valence-electron chi connectivity index (χ0n) is 17.6. The largest absolute Gasteiger partial charge is 0.385 e. The van der Waals surface area contributed by atoms with Crippen molar-refractivity contribution in [3.05, 3.63) is 47.0 Å². The quantitative estimate of drug-likeness (QED) is 0.689. The van der Waals surface area contributed by atoms with Gasteiger partial charge in [0.05, 0.1) is 30.6 Å². The Morgan fingerprint density at radius 3 is 2.41 bits per heavy atom. The Labute approximate surface area is 191 Å². The molecule has 11 heteroatoms. The Morgan fingerprint density at radius 2 is 1.84 bits per heavy atom. The van der Waals surface area contributed by atoms with Gasteiger partial charge in [0.1, 0.15) is 16.3 Å². The summed E-state index contributed by atoms with van der Waals surface area (Å²) in [6, 6.07) is 3.76. The summed E-state index contributed by atoms with van der Waals surface area (Å²) in [7, 11) is -3.65. The van der Waals surface area contributed by atoms with Crippen LogP contribution in [0.4, 0.5) is 10.3 Å². The zero-order chi connectivity index (χ0) is 22.9. The molecule has 2 aliphatic heterocycles. The summed E-state index contributed by atoms with van der Waals surface area (Å²) in [5.41, 5.74) is -0.765. The normalized spacial score (nSPS) is 25.1. The molecule has 4 rings (SSSR count). The number of rotatable bonds is 5. The van der Waals surface area contributed by atoms with Gasteiger partial charge in [0.2, 0.25) is 5.95 Å². The molecule has 0 aliphatic carbocycles. The SMILES string of the molecule is CS(=O)(=O)c1ccc(C2OCC(O)(CC3CCN(c4ncc(Cl)cn4)CC3)CO2)cc1F. The lowest BCUT2D eigenvalue weighted by molar-refractivity contribution is -0.261. The van der Waals surface area contributed by atoms with Crippen molar-refractivity contribution >= 4 is 27.4 Å². The van der Waals surface area contributed by atoms with Crippen LogP contribution in [0.1, 0.15) is 31.1 Å². The number of ether oxygens (including phenoxy) is 2. The fraction of sp³-hybridized carbons (Fsp3) is 0.524. The summed E-state index contributed by atoms with van der Waals surface area (Å²) in [6.07, 6.45) is 5.51. The van der Waals surface area contributed by atoms with E-state index in [1.165, 1.54) is 12.1 Å². The fourth-order valence-corrected chi connectivity index (χ4v) is 5.00. The molecule has 1 N–H and O–H groups in total. The van der Waals surface area contributed by atoms with Gasteiger partial charge < -0.3 is 19.5 Å². The van der Waals surface area contributed by atoms with Gasteiger partial charge in [0.15, 0.2) is 16.1 Å². The first-order valence-corrected chi connectivity index (χ1v) is 12.6. The number of aromatic nitrogens is 2. The van der Waals surface area contributed by atoms with Crippen molar-refractivity contribution in [2.45, 2.75) is 36.0 Å². The van der Waals surface area contributed by atoms with Crippen LogP contribution in [0.3, 0.4) is 0 Å². The lowest BCUT2D eigenvalue weighted by Gasteiger charge is -2.40. The van der Waals surface area contributed by atoms with Gasteiger partial charge in [-0.2, -0.15) is 0 Å². The van der Waals surface area contributed by atoms with Crippen LogP contribution in [0, 0.1) is 11.7 Å². The lowest BCUT2D eigenvalue weighted by Crippen LogP contribution is -2.47. The summed E-state index contributed by atoms with van der Waals surface area (Å²) in [5.74, 6) is 0.0844. The van der Waals surface area contributed by atoms with Gasteiger partial charge >= 0.3 is 0 Å². The second kappa shape index (κ2) is 9.18. The highest BCUT2D eigenvalue weighted by atomic mass is 35.5. The molecular formula is C21H25ClFN3O5S. The molecule has 0 unspecified atom stereocenters. The van der Waals surface area contributed by atoms with Crippen molar-refractivity contribution in [1.29, 1.82) is 0 Å². The minimum absolute atomic E-state index is 0.0492. The van der Waals surface area contributed by atoms with E-state index in [0.29, 0.717) is 28.9 Å². The van der Waals surface area contributed by atoms with Crippen LogP contribution in [0.25, 0.3) is 0 Å². The number of halogens is 2. The molecule has 2 saturated heterocycles. The van der Waals surface area contributed by atoms with Gasteiger partial charge in [-0.3, -0.25) is 0 Å². The highest BCUT2D eigenvalue weighted by molar-refractivity contribution is 7.90. The van der Waals surface area contributed by atoms with E-state index in [-0.39, 0.29) is 18.1 Å². The number of sulfone groups is 1. The number of anilines is 1. The van der Waals surface area contributed by atoms with E-state index in [1.807, 2.05) is 0 Å². The van der Waals surface area contributed by atoms with Gasteiger partial charge in [0, 0.05) is 24.9 Å². The van der Waals surface area contributed by atoms with Crippen LogP contribution in [0.15, 0.2) is 35.5 Å². The number of hydrogen-bond acceptors (Lipinski definition) is 8. The topological polar surface area (TPSA) is 102 Å². The maximum atomic E-state index is 14.2. The van der Waals surface area contributed by atoms with Crippen LogP contribution >= 0.6 is 11.6 Å². The van der Waals surface area contributed by atoms with Crippen LogP contribution in [-0.4, -0.2) is 61.7 Å². The summed E-state index contributed by atoms with van der Waals surface area (Å²) in [6.45, 7) is 1.65. The molecule has 8 nitrogen and oxygen atoms in total. The molecule has 0 radical (unpaired) electrons. The Morgan fingerprint density at radius 1 is 1.22 bits per heavy atom. The Bertz CT molecular complexity index is 1050. The van der Waals surface area contributed by atoms with E-state index in [9.17, 15) is 17.9 Å². The van der Waals surface area contributed by atoms with E-state index in [2.05, 4.69) is 14.9 Å². The summed E-state index contributed by atoms with van der Waals surface area (Å²) in [5, 5.41) is 11.4. The van der Waals surface area contributed by atoms with E-state index < -0.39 is 27.5 Å². The van der Waals surface area contributed by atoms with Crippen molar-refractivity contribution in [2.24, 2.45) is 5.92 Å². The van der Waals surface area contributed by atoms with Crippen LogP contribution in [0.5, 0.6) is 0 Å². The predicted molar refractivity (Wildman–Crippen MR) is 116 cm³/mol. The molecule has 0 spiro atoms. The monoisotopic (exact) mass is 485 g/mol. The van der Waals surface area contributed by atoms with Crippen LogP contribution < -0.4 is 4.90 Å². The van der Waals surface area contributed by atoms with Gasteiger partial charge in [-0.05, 0) is 37.3 Å². The van der Waals surface area contributed by atoms with Crippen molar-refractivity contribution in [2.75, 3.05) is 37.5 Å². The van der Waals surface area contributed by atoms with Crippen molar-refractivity contribution < 1.29 is 27.4 Å².